The Kier molecular flexibility index (Phi) is 9.61. The second-order valence-corrected chi connectivity index (χ2v) is 14.1. The van der Waals surface area contributed by atoms with E-state index in [0.29, 0.717) is 12.3 Å². The minimum Gasteiger partial charge on any atom is -0.496 e. The average molecular weight is 579 g/mol. The lowest BCUT2D eigenvalue weighted by molar-refractivity contribution is -0.154. The van der Waals surface area contributed by atoms with Crippen molar-refractivity contribution in [1.29, 1.82) is 0 Å². The first kappa shape index (κ1) is 31.9. The summed E-state index contributed by atoms with van der Waals surface area (Å²) in [4.78, 5) is 29.3. The summed E-state index contributed by atoms with van der Waals surface area (Å²) < 4.78 is 11.6. The van der Waals surface area contributed by atoms with Gasteiger partial charge in [0.25, 0.3) is 0 Å². The highest BCUT2D eigenvalue weighted by molar-refractivity contribution is 5.87. The van der Waals surface area contributed by atoms with Crippen molar-refractivity contribution in [3.8, 4) is 11.5 Å². The number of nitrogens with one attached hydrogen (secondary N) is 1. The molecular formula is C35H50N2O5. The molecule has 42 heavy (non-hydrogen) atoms. The molecule has 2 N–H and O–H groups in total. The van der Waals surface area contributed by atoms with Gasteiger partial charge in [0.15, 0.2) is 0 Å². The molecule has 0 unspecified atom stereocenters. The highest BCUT2D eigenvalue weighted by Gasteiger charge is 2.59. The Morgan fingerprint density at radius 3 is 2.14 bits per heavy atom. The lowest BCUT2D eigenvalue weighted by Gasteiger charge is -2.36. The van der Waals surface area contributed by atoms with Crippen LogP contribution in [0.15, 0.2) is 42.5 Å². The number of carboxylic acids is 1. The third kappa shape index (κ3) is 6.46. The lowest BCUT2D eigenvalue weighted by Crippen LogP contribution is -2.49. The van der Waals surface area contributed by atoms with Gasteiger partial charge in [0, 0.05) is 35.5 Å². The number of carbonyl (C=O) groups excluding carboxylic acids is 1. The van der Waals surface area contributed by atoms with Gasteiger partial charge in [-0.3, -0.25) is 4.79 Å². The molecule has 1 aliphatic carbocycles. The predicted molar refractivity (Wildman–Crippen MR) is 166 cm³/mol. The Labute approximate surface area is 252 Å². The monoisotopic (exact) mass is 578 g/mol. The first-order valence-electron chi connectivity index (χ1n) is 15.4. The maximum atomic E-state index is 14.4. The second kappa shape index (κ2) is 12.7. The van der Waals surface area contributed by atoms with E-state index in [2.05, 4.69) is 59.0 Å². The molecule has 1 heterocycles. The largest absolute Gasteiger partial charge is 0.496 e. The number of hydrogen-bond acceptors (Lipinski definition) is 5. The van der Waals surface area contributed by atoms with Gasteiger partial charge in [-0.2, -0.15) is 0 Å². The van der Waals surface area contributed by atoms with E-state index in [0.717, 1.165) is 49.0 Å². The van der Waals surface area contributed by atoms with Crippen LogP contribution in [0.1, 0.15) is 96.4 Å². The predicted octanol–water partition coefficient (Wildman–Crippen LogP) is 6.74. The third-order valence-electron chi connectivity index (χ3n) is 9.26. The summed E-state index contributed by atoms with van der Waals surface area (Å²) in [6.45, 7) is 13.3. The number of methoxy groups -OCH3 is 2. The summed E-state index contributed by atoms with van der Waals surface area (Å²) in [5, 5.41) is 14.6. The van der Waals surface area contributed by atoms with Gasteiger partial charge in [-0.05, 0) is 41.4 Å². The number of carbonyl (C=O) groups is 2. The van der Waals surface area contributed by atoms with Gasteiger partial charge in [-0.1, -0.05) is 91.1 Å². The number of para-hydroxylation sites is 1. The zero-order valence-electron chi connectivity index (χ0n) is 26.7. The van der Waals surface area contributed by atoms with Crippen molar-refractivity contribution in [1.82, 2.24) is 10.2 Å². The molecule has 2 aromatic carbocycles. The topological polar surface area (TPSA) is 88.1 Å². The molecule has 0 radical (unpaired) electrons. The number of rotatable bonds is 8. The van der Waals surface area contributed by atoms with Crippen molar-refractivity contribution in [2.45, 2.75) is 104 Å². The Morgan fingerprint density at radius 2 is 1.57 bits per heavy atom. The number of ether oxygens (including phenoxy) is 2. The highest BCUT2D eigenvalue weighted by Crippen LogP contribution is 2.51. The normalized spacial score (nSPS) is 23.6. The molecule has 1 aliphatic heterocycles. The van der Waals surface area contributed by atoms with Crippen LogP contribution in [0.4, 0.5) is 0 Å². The molecule has 2 aromatic rings. The second-order valence-electron chi connectivity index (χ2n) is 14.1. The molecule has 7 heteroatoms. The number of amides is 1. The summed E-state index contributed by atoms with van der Waals surface area (Å²) in [5.74, 6) is -0.115. The van der Waals surface area contributed by atoms with Crippen LogP contribution in [-0.2, 0) is 21.5 Å². The number of carboxylic acid groups (broad SMARTS) is 1. The van der Waals surface area contributed by atoms with Gasteiger partial charge in [0.1, 0.15) is 17.5 Å². The molecule has 7 nitrogen and oxygen atoms in total. The minimum absolute atomic E-state index is 0.0418. The van der Waals surface area contributed by atoms with Gasteiger partial charge in [0.2, 0.25) is 5.91 Å². The zero-order valence-corrected chi connectivity index (χ0v) is 26.7. The molecule has 4 atom stereocenters. The molecule has 4 rings (SSSR count). The molecule has 0 bridgehead atoms. The molecule has 2 fully saturated rings. The molecule has 0 spiro atoms. The summed E-state index contributed by atoms with van der Waals surface area (Å²) in [5.41, 5.74) is 2.56. The minimum atomic E-state index is -0.977. The van der Waals surface area contributed by atoms with Gasteiger partial charge < -0.3 is 24.8 Å². The van der Waals surface area contributed by atoms with Gasteiger partial charge in [-0.15, -0.1) is 0 Å². The van der Waals surface area contributed by atoms with Crippen LogP contribution in [0.25, 0.3) is 0 Å². The van der Waals surface area contributed by atoms with E-state index in [1.54, 1.807) is 19.1 Å². The fourth-order valence-electron chi connectivity index (χ4n) is 7.13. The van der Waals surface area contributed by atoms with Crippen LogP contribution in [0.2, 0.25) is 0 Å². The molecule has 1 amide bonds. The van der Waals surface area contributed by atoms with Crippen molar-refractivity contribution in [3.05, 3.63) is 59.2 Å². The molecule has 2 aliphatic rings. The first-order chi connectivity index (χ1) is 19.8. The number of hydrogen-bond donors (Lipinski definition) is 2. The fraction of sp³-hybridized carbons (Fsp3) is 0.600. The van der Waals surface area contributed by atoms with Crippen LogP contribution >= 0.6 is 0 Å². The smallest absolute Gasteiger partial charge is 0.326 e. The number of aliphatic carboxylic acids is 1. The fourth-order valence-corrected chi connectivity index (χ4v) is 7.13. The number of nitrogens with zero attached hydrogens (tertiary/aromatic N) is 1. The molecule has 1 saturated heterocycles. The van der Waals surface area contributed by atoms with E-state index < -0.39 is 23.5 Å². The number of benzene rings is 2. The maximum Gasteiger partial charge on any atom is 0.326 e. The summed E-state index contributed by atoms with van der Waals surface area (Å²) in [7, 11) is 3.30. The van der Waals surface area contributed by atoms with Crippen LogP contribution in [-0.4, -0.2) is 48.2 Å². The van der Waals surface area contributed by atoms with E-state index in [1.807, 2.05) is 30.3 Å². The van der Waals surface area contributed by atoms with Crippen molar-refractivity contribution in [2.75, 3.05) is 14.2 Å². The third-order valence-corrected chi connectivity index (χ3v) is 9.26. The van der Waals surface area contributed by atoms with Crippen LogP contribution in [0, 0.1) is 17.3 Å². The Balaban J connectivity index is 1.86. The summed E-state index contributed by atoms with van der Waals surface area (Å²) >= 11 is 0. The SMILES string of the molecule is COc1ccc(C(C)(C)C)cc1CN[C@H]1[C@H](C(C)(C)C)[C@@H](C(=O)O)N(C(=O)C2CCCCC2)[C@H]1c1ccccc1OC. The van der Waals surface area contributed by atoms with Crippen molar-refractivity contribution < 1.29 is 24.2 Å². The quantitative estimate of drug-likeness (QED) is 0.361. The van der Waals surface area contributed by atoms with Crippen LogP contribution < -0.4 is 14.8 Å². The Hall–Kier alpha value is -3.06. The standard InChI is InChI=1S/C35H50N2O5/c1-34(2,3)24-18-19-26(41-7)23(20-24)21-36-29-28(35(4,5)6)31(33(39)40)37(32(38)22-14-10-9-11-15-22)30(29)25-16-12-13-17-27(25)42-8/h12-13,16-20,22,28-31,36H,9-11,14-15,21H2,1-8H3,(H,39,40)/t28-,29-,30-,31-/m0/s1. The van der Waals surface area contributed by atoms with E-state index in [4.69, 9.17) is 9.47 Å². The molecular weight excluding hydrogens is 528 g/mol. The average Bonchev–Trinajstić information content (AvgIpc) is 3.31. The Morgan fingerprint density at radius 1 is 0.929 bits per heavy atom. The molecule has 230 valence electrons. The lowest BCUT2D eigenvalue weighted by atomic mass is 9.72. The van der Waals surface area contributed by atoms with Gasteiger partial charge >= 0.3 is 5.97 Å². The summed E-state index contributed by atoms with van der Waals surface area (Å²) in [6.07, 6.45) is 4.71. The van der Waals surface area contributed by atoms with E-state index in [9.17, 15) is 14.7 Å². The summed E-state index contributed by atoms with van der Waals surface area (Å²) in [6, 6.07) is 12.1. The molecule has 1 saturated carbocycles. The molecule has 0 aromatic heterocycles. The van der Waals surface area contributed by atoms with E-state index in [1.165, 1.54) is 5.56 Å². The Bertz CT molecular complexity index is 1250. The maximum absolute atomic E-state index is 14.4. The van der Waals surface area contributed by atoms with E-state index in [-0.39, 0.29) is 29.2 Å². The number of likely N-dealkylation sites (tertiary alicyclic amines) is 1. The van der Waals surface area contributed by atoms with Crippen molar-refractivity contribution >= 4 is 11.9 Å². The van der Waals surface area contributed by atoms with Crippen molar-refractivity contribution in [3.63, 3.8) is 0 Å². The highest BCUT2D eigenvalue weighted by atomic mass is 16.5. The van der Waals surface area contributed by atoms with Crippen LogP contribution in [0.3, 0.4) is 0 Å². The van der Waals surface area contributed by atoms with Crippen LogP contribution in [0.5, 0.6) is 11.5 Å². The van der Waals surface area contributed by atoms with Crippen molar-refractivity contribution in [2.24, 2.45) is 17.3 Å². The van der Waals surface area contributed by atoms with Gasteiger partial charge in [0.05, 0.1) is 20.3 Å². The van der Waals surface area contributed by atoms with E-state index >= 15 is 0 Å². The first-order valence-corrected chi connectivity index (χ1v) is 15.4. The van der Waals surface area contributed by atoms with Gasteiger partial charge in [-0.25, -0.2) is 4.79 Å². The zero-order chi connectivity index (χ0) is 30.8.